The first-order chi connectivity index (χ1) is 14.3. The molecule has 1 amide bonds. The van der Waals surface area contributed by atoms with E-state index in [-0.39, 0.29) is 17.2 Å². The number of hydrogen-bond acceptors (Lipinski definition) is 5. The lowest BCUT2D eigenvalue weighted by atomic mass is 10.1. The molecule has 0 saturated heterocycles. The summed E-state index contributed by atoms with van der Waals surface area (Å²) in [4.78, 5) is 12.8. The van der Waals surface area contributed by atoms with Gasteiger partial charge in [0.25, 0.3) is 0 Å². The average molecular weight is 497 g/mol. The molecule has 0 unspecified atom stereocenters. The first-order valence-electron chi connectivity index (χ1n) is 9.75. The SMILES string of the molecule is CCN(CC)S(=O)(=O)c1cc(NC(=O)Cc2cc3c(cc2Br)OCCO3)ccc1C. The van der Waals surface area contributed by atoms with Crippen LogP contribution in [0, 0.1) is 6.92 Å². The minimum absolute atomic E-state index is 0.100. The first-order valence-corrected chi connectivity index (χ1v) is 12.0. The molecule has 30 heavy (non-hydrogen) atoms. The van der Waals surface area contributed by atoms with Gasteiger partial charge in [0.05, 0.1) is 11.3 Å². The Balaban J connectivity index is 1.80. The maximum absolute atomic E-state index is 12.9. The summed E-state index contributed by atoms with van der Waals surface area (Å²) < 4.78 is 39.1. The number of aryl methyl sites for hydroxylation is 1. The van der Waals surface area contributed by atoms with E-state index in [1.165, 1.54) is 10.4 Å². The van der Waals surface area contributed by atoms with Crippen molar-refractivity contribution in [3.05, 3.63) is 45.9 Å². The van der Waals surface area contributed by atoms with E-state index in [1.54, 1.807) is 45.0 Å². The normalized spacial score (nSPS) is 13.4. The second-order valence-corrected chi connectivity index (χ2v) is 9.64. The molecule has 0 fully saturated rings. The highest BCUT2D eigenvalue weighted by molar-refractivity contribution is 9.10. The second kappa shape index (κ2) is 9.36. The highest BCUT2D eigenvalue weighted by Crippen LogP contribution is 2.35. The number of nitrogens with one attached hydrogen (secondary N) is 1. The summed E-state index contributed by atoms with van der Waals surface area (Å²) in [7, 11) is -3.62. The van der Waals surface area contributed by atoms with Crippen LogP contribution in [-0.4, -0.2) is 44.9 Å². The smallest absolute Gasteiger partial charge is 0.243 e. The zero-order valence-electron chi connectivity index (χ0n) is 17.2. The number of rotatable bonds is 7. The molecule has 0 spiro atoms. The third-order valence-corrected chi connectivity index (χ3v) is 7.79. The molecule has 1 N–H and O–H groups in total. The second-order valence-electron chi connectivity index (χ2n) is 6.88. The Morgan fingerprint density at radius 1 is 1.10 bits per heavy atom. The van der Waals surface area contributed by atoms with Crippen molar-refractivity contribution in [3.63, 3.8) is 0 Å². The number of halogens is 1. The summed E-state index contributed by atoms with van der Waals surface area (Å²) in [6.07, 6.45) is 0.100. The van der Waals surface area contributed by atoms with Crippen LogP contribution in [-0.2, 0) is 21.2 Å². The lowest BCUT2D eigenvalue weighted by Gasteiger charge is -2.20. The largest absolute Gasteiger partial charge is 0.486 e. The lowest BCUT2D eigenvalue weighted by Crippen LogP contribution is -2.31. The van der Waals surface area contributed by atoms with Crippen molar-refractivity contribution in [1.82, 2.24) is 4.31 Å². The van der Waals surface area contributed by atoms with Crippen molar-refractivity contribution in [2.75, 3.05) is 31.6 Å². The van der Waals surface area contributed by atoms with E-state index in [0.29, 0.717) is 49.1 Å². The summed E-state index contributed by atoms with van der Waals surface area (Å²) in [5, 5.41) is 2.80. The van der Waals surface area contributed by atoms with Crippen molar-refractivity contribution in [1.29, 1.82) is 0 Å². The van der Waals surface area contributed by atoms with Gasteiger partial charge in [-0.05, 0) is 42.3 Å². The van der Waals surface area contributed by atoms with Gasteiger partial charge in [-0.3, -0.25) is 4.79 Å². The van der Waals surface area contributed by atoms with Crippen molar-refractivity contribution in [2.24, 2.45) is 0 Å². The van der Waals surface area contributed by atoms with Gasteiger partial charge in [-0.25, -0.2) is 8.42 Å². The maximum Gasteiger partial charge on any atom is 0.243 e. The van der Waals surface area contributed by atoms with Crippen molar-refractivity contribution in [2.45, 2.75) is 32.1 Å². The molecule has 1 aliphatic heterocycles. The highest BCUT2D eigenvalue weighted by atomic mass is 79.9. The number of carbonyl (C=O) groups excluding carboxylic acids is 1. The standard InChI is InChI=1S/C21H25BrN2O5S/c1-4-24(5-2)30(26,27)20-12-16(7-6-14(20)3)23-21(25)11-15-10-18-19(13-17(15)22)29-9-8-28-18/h6-7,10,12-13H,4-5,8-9,11H2,1-3H3,(H,23,25). The molecule has 2 aromatic carbocycles. The molecule has 3 rings (SSSR count). The molecule has 9 heteroatoms. The number of hydrogen-bond donors (Lipinski definition) is 1. The van der Waals surface area contributed by atoms with E-state index in [2.05, 4.69) is 21.2 Å². The lowest BCUT2D eigenvalue weighted by molar-refractivity contribution is -0.115. The molecular formula is C21H25BrN2O5S. The summed E-state index contributed by atoms with van der Waals surface area (Å²) in [6, 6.07) is 8.49. The van der Waals surface area contributed by atoms with E-state index >= 15 is 0 Å². The fourth-order valence-corrected chi connectivity index (χ4v) is 5.45. The van der Waals surface area contributed by atoms with Crippen molar-refractivity contribution < 1.29 is 22.7 Å². The van der Waals surface area contributed by atoms with E-state index in [0.717, 1.165) is 10.0 Å². The molecule has 2 aromatic rings. The first kappa shape index (κ1) is 22.6. The zero-order chi connectivity index (χ0) is 21.9. The van der Waals surface area contributed by atoms with Crippen LogP contribution in [0.4, 0.5) is 5.69 Å². The van der Waals surface area contributed by atoms with Gasteiger partial charge in [0.2, 0.25) is 15.9 Å². The Kier molecular flexibility index (Phi) is 7.05. The Hall–Kier alpha value is -2.10. The van der Waals surface area contributed by atoms with Gasteiger partial charge < -0.3 is 14.8 Å². The maximum atomic E-state index is 12.9. The molecule has 0 aliphatic carbocycles. The summed E-state index contributed by atoms with van der Waals surface area (Å²) in [6.45, 7) is 7.06. The Labute approximate surface area is 185 Å². The summed E-state index contributed by atoms with van der Waals surface area (Å²) in [5.74, 6) is 0.986. The number of anilines is 1. The predicted molar refractivity (Wildman–Crippen MR) is 119 cm³/mol. The van der Waals surface area contributed by atoms with Gasteiger partial charge in [-0.2, -0.15) is 4.31 Å². The number of sulfonamides is 1. The van der Waals surface area contributed by atoms with Crippen molar-refractivity contribution in [3.8, 4) is 11.5 Å². The molecule has 0 aromatic heterocycles. The van der Waals surface area contributed by atoms with Crippen LogP contribution in [0.15, 0.2) is 39.7 Å². The van der Waals surface area contributed by atoms with Gasteiger partial charge in [0.15, 0.2) is 11.5 Å². The minimum Gasteiger partial charge on any atom is -0.486 e. The van der Waals surface area contributed by atoms with Crippen LogP contribution >= 0.6 is 15.9 Å². The fraction of sp³-hybridized carbons (Fsp3) is 0.381. The van der Waals surface area contributed by atoms with E-state index < -0.39 is 10.0 Å². The Bertz CT molecular complexity index is 1050. The van der Waals surface area contributed by atoms with Crippen LogP contribution in [0.25, 0.3) is 0 Å². The summed E-state index contributed by atoms with van der Waals surface area (Å²) >= 11 is 3.47. The zero-order valence-corrected chi connectivity index (χ0v) is 19.6. The van der Waals surface area contributed by atoms with Crippen LogP contribution in [0.1, 0.15) is 25.0 Å². The third-order valence-electron chi connectivity index (χ3n) is 4.86. The predicted octanol–water partition coefficient (Wildman–Crippen LogP) is 3.74. The Morgan fingerprint density at radius 2 is 1.73 bits per heavy atom. The number of amides is 1. The number of benzene rings is 2. The van der Waals surface area contributed by atoms with E-state index in [1.807, 2.05) is 0 Å². The molecule has 1 heterocycles. The van der Waals surface area contributed by atoms with Crippen LogP contribution in [0.5, 0.6) is 11.5 Å². The molecule has 0 atom stereocenters. The van der Waals surface area contributed by atoms with Crippen LogP contribution < -0.4 is 14.8 Å². The third kappa shape index (κ3) is 4.79. The number of fused-ring (bicyclic) bond motifs is 1. The number of nitrogens with zero attached hydrogens (tertiary/aromatic N) is 1. The Morgan fingerprint density at radius 3 is 2.37 bits per heavy atom. The topological polar surface area (TPSA) is 84.9 Å². The molecule has 0 bridgehead atoms. The van der Waals surface area contributed by atoms with Crippen LogP contribution in [0.3, 0.4) is 0 Å². The van der Waals surface area contributed by atoms with Gasteiger partial charge in [0.1, 0.15) is 13.2 Å². The fourth-order valence-electron chi connectivity index (χ4n) is 3.28. The average Bonchev–Trinajstić information content (AvgIpc) is 2.70. The van der Waals surface area contributed by atoms with Gasteiger partial charge >= 0.3 is 0 Å². The van der Waals surface area contributed by atoms with Gasteiger partial charge in [0, 0.05) is 23.2 Å². The van der Waals surface area contributed by atoms with E-state index in [9.17, 15) is 13.2 Å². The highest BCUT2D eigenvalue weighted by Gasteiger charge is 2.24. The van der Waals surface area contributed by atoms with Gasteiger partial charge in [-0.1, -0.05) is 35.8 Å². The molecule has 7 nitrogen and oxygen atoms in total. The molecule has 162 valence electrons. The summed E-state index contributed by atoms with van der Waals surface area (Å²) in [5.41, 5.74) is 1.82. The van der Waals surface area contributed by atoms with Crippen LogP contribution in [0.2, 0.25) is 0 Å². The van der Waals surface area contributed by atoms with Gasteiger partial charge in [-0.15, -0.1) is 0 Å². The van der Waals surface area contributed by atoms with Crippen molar-refractivity contribution >= 4 is 37.5 Å². The molecular weight excluding hydrogens is 472 g/mol. The minimum atomic E-state index is -3.62. The quantitative estimate of drug-likeness (QED) is 0.630. The molecule has 0 radical (unpaired) electrons. The number of ether oxygens (including phenoxy) is 2. The van der Waals surface area contributed by atoms with E-state index in [4.69, 9.17) is 9.47 Å². The molecule has 1 aliphatic rings. The molecule has 0 saturated carbocycles. The monoisotopic (exact) mass is 496 g/mol. The number of carbonyl (C=O) groups is 1.